The SMILES string of the molecule is O=C(NCc1ccccc1)C1(F)CCN(S(=O)(=O)c2ccccc2)CC1. The molecule has 3 rings (SSSR count). The van der Waals surface area contributed by atoms with Gasteiger partial charge in [-0.05, 0) is 17.7 Å². The maximum absolute atomic E-state index is 15.0. The molecule has 26 heavy (non-hydrogen) atoms. The van der Waals surface area contributed by atoms with Gasteiger partial charge in [-0.2, -0.15) is 4.31 Å². The monoisotopic (exact) mass is 376 g/mol. The van der Waals surface area contributed by atoms with Crippen molar-refractivity contribution in [1.29, 1.82) is 0 Å². The van der Waals surface area contributed by atoms with E-state index in [1.54, 1.807) is 18.2 Å². The van der Waals surface area contributed by atoms with Crippen LogP contribution in [-0.2, 0) is 21.4 Å². The fourth-order valence-electron chi connectivity index (χ4n) is 2.99. The summed E-state index contributed by atoms with van der Waals surface area (Å²) in [6.45, 7) is 0.205. The number of carbonyl (C=O) groups is 1. The molecule has 1 N–H and O–H groups in total. The summed E-state index contributed by atoms with van der Waals surface area (Å²) >= 11 is 0. The van der Waals surface area contributed by atoms with Gasteiger partial charge in [-0.25, -0.2) is 12.8 Å². The molecule has 1 saturated heterocycles. The van der Waals surface area contributed by atoms with Crippen molar-refractivity contribution in [1.82, 2.24) is 9.62 Å². The van der Waals surface area contributed by atoms with E-state index >= 15 is 0 Å². The van der Waals surface area contributed by atoms with E-state index in [1.165, 1.54) is 16.4 Å². The molecule has 1 fully saturated rings. The average Bonchev–Trinajstić information content (AvgIpc) is 2.68. The number of nitrogens with zero attached hydrogens (tertiary/aromatic N) is 1. The summed E-state index contributed by atoms with van der Waals surface area (Å²) < 4.78 is 41.4. The van der Waals surface area contributed by atoms with Gasteiger partial charge in [-0.15, -0.1) is 0 Å². The first-order valence-electron chi connectivity index (χ1n) is 8.48. The van der Waals surface area contributed by atoms with Crippen molar-refractivity contribution < 1.29 is 17.6 Å². The van der Waals surface area contributed by atoms with E-state index < -0.39 is 21.6 Å². The zero-order chi connectivity index (χ0) is 18.6. The molecule has 0 aliphatic carbocycles. The molecular weight excluding hydrogens is 355 g/mol. The first kappa shape index (κ1) is 18.5. The summed E-state index contributed by atoms with van der Waals surface area (Å²) in [7, 11) is -3.66. The number of benzene rings is 2. The molecule has 0 saturated carbocycles. The van der Waals surface area contributed by atoms with Crippen molar-refractivity contribution in [3.05, 3.63) is 66.2 Å². The van der Waals surface area contributed by atoms with Crippen LogP contribution in [0.25, 0.3) is 0 Å². The molecule has 0 spiro atoms. The predicted octanol–water partition coefficient (Wildman–Crippen LogP) is 2.50. The van der Waals surface area contributed by atoms with Crippen LogP contribution in [0.2, 0.25) is 0 Å². The highest BCUT2D eigenvalue weighted by Crippen LogP contribution is 2.30. The van der Waals surface area contributed by atoms with Gasteiger partial charge >= 0.3 is 0 Å². The number of hydrogen-bond acceptors (Lipinski definition) is 3. The highest BCUT2D eigenvalue weighted by Gasteiger charge is 2.44. The molecule has 0 radical (unpaired) electrons. The summed E-state index contributed by atoms with van der Waals surface area (Å²) in [5, 5.41) is 2.61. The van der Waals surface area contributed by atoms with E-state index in [9.17, 15) is 17.6 Å². The smallest absolute Gasteiger partial charge is 0.258 e. The lowest BCUT2D eigenvalue weighted by Crippen LogP contribution is -2.52. The van der Waals surface area contributed by atoms with Crippen LogP contribution < -0.4 is 5.32 Å². The Labute approximate surface area is 152 Å². The van der Waals surface area contributed by atoms with Crippen LogP contribution in [0.1, 0.15) is 18.4 Å². The Morgan fingerprint density at radius 1 is 1.00 bits per heavy atom. The van der Waals surface area contributed by atoms with Crippen molar-refractivity contribution in [3.63, 3.8) is 0 Å². The van der Waals surface area contributed by atoms with Crippen LogP contribution in [0.3, 0.4) is 0 Å². The Bertz CT molecular complexity index is 849. The number of rotatable bonds is 5. The van der Waals surface area contributed by atoms with Gasteiger partial charge < -0.3 is 5.32 Å². The lowest BCUT2D eigenvalue weighted by molar-refractivity contribution is -0.135. The van der Waals surface area contributed by atoms with Gasteiger partial charge in [0.2, 0.25) is 10.0 Å². The van der Waals surface area contributed by atoms with E-state index in [4.69, 9.17) is 0 Å². The van der Waals surface area contributed by atoms with E-state index in [1.807, 2.05) is 30.3 Å². The Morgan fingerprint density at radius 2 is 1.54 bits per heavy atom. The molecule has 2 aromatic rings. The molecule has 138 valence electrons. The van der Waals surface area contributed by atoms with Crippen LogP contribution in [-0.4, -0.2) is 37.4 Å². The van der Waals surface area contributed by atoms with Crippen LogP contribution in [0, 0.1) is 0 Å². The lowest BCUT2D eigenvalue weighted by Gasteiger charge is -2.34. The van der Waals surface area contributed by atoms with Crippen molar-refractivity contribution in [2.24, 2.45) is 0 Å². The number of hydrogen-bond donors (Lipinski definition) is 1. The second kappa shape index (κ2) is 7.55. The Morgan fingerprint density at radius 3 is 2.12 bits per heavy atom. The van der Waals surface area contributed by atoms with E-state index in [-0.39, 0.29) is 37.4 Å². The third kappa shape index (κ3) is 3.94. The van der Waals surface area contributed by atoms with Gasteiger partial charge in [-0.3, -0.25) is 4.79 Å². The van der Waals surface area contributed by atoms with Gasteiger partial charge in [-0.1, -0.05) is 48.5 Å². The van der Waals surface area contributed by atoms with Gasteiger partial charge in [0, 0.05) is 32.5 Å². The number of sulfonamides is 1. The first-order chi connectivity index (χ1) is 12.4. The zero-order valence-electron chi connectivity index (χ0n) is 14.3. The standard InChI is InChI=1S/C19H21FN2O3S/c20-19(18(23)21-15-16-7-3-1-4-8-16)11-13-22(14-12-19)26(24,25)17-9-5-2-6-10-17/h1-10H,11-15H2,(H,21,23). The number of piperidine rings is 1. The summed E-state index contributed by atoms with van der Waals surface area (Å²) in [6.07, 6.45) is -0.306. The maximum atomic E-state index is 15.0. The second-order valence-corrected chi connectivity index (χ2v) is 8.29. The summed E-state index contributed by atoms with van der Waals surface area (Å²) in [6, 6.07) is 17.3. The minimum atomic E-state index is -3.66. The van der Waals surface area contributed by atoms with Gasteiger partial charge in [0.15, 0.2) is 5.67 Å². The molecule has 0 bridgehead atoms. The van der Waals surface area contributed by atoms with Crippen molar-refractivity contribution in [2.75, 3.05) is 13.1 Å². The Hall–Kier alpha value is -2.25. The summed E-state index contributed by atoms with van der Waals surface area (Å²) in [4.78, 5) is 12.4. The quantitative estimate of drug-likeness (QED) is 0.872. The average molecular weight is 376 g/mol. The predicted molar refractivity (Wildman–Crippen MR) is 96.6 cm³/mol. The second-order valence-electron chi connectivity index (χ2n) is 6.35. The number of nitrogens with one attached hydrogen (secondary N) is 1. The van der Waals surface area contributed by atoms with Crippen molar-refractivity contribution in [2.45, 2.75) is 30.0 Å². The fourth-order valence-corrected chi connectivity index (χ4v) is 4.45. The van der Waals surface area contributed by atoms with Gasteiger partial charge in [0.05, 0.1) is 4.90 Å². The van der Waals surface area contributed by atoms with Crippen LogP contribution in [0.15, 0.2) is 65.6 Å². The summed E-state index contributed by atoms with van der Waals surface area (Å²) in [5.41, 5.74) is -1.16. The van der Waals surface area contributed by atoms with Crippen molar-refractivity contribution >= 4 is 15.9 Å². The molecule has 7 heteroatoms. The minimum absolute atomic E-state index is 0.0213. The molecule has 0 unspecified atom stereocenters. The highest BCUT2D eigenvalue weighted by molar-refractivity contribution is 7.89. The molecule has 0 atom stereocenters. The van der Waals surface area contributed by atoms with E-state index in [2.05, 4.69) is 5.32 Å². The Kier molecular flexibility index (Phi) is 5.38. The van der Waals surface area contributed by atoms with E-state index in [0.29, 0.717) is 0 Å². The summed E-state index contributed by atoms with van der Waals surface area (Å²) in [5.74, 6) is -0.682. The molecule has 1 aliphatic heterocycles. The molecule has 1 aliphatic rings. The normalized spacial score (nSPS) is 17.6. The fraction of sp³-hybridized carbons (Fsp3) is 0.316. The van der Waals surface area contributed by atoms with Crippen LogP contribution in [0.5, 0.6) is 0 Å². The molecule has 1 heterocycles. The lowest BCUT2D eigenvalue weighted by atomic mass is 9.93. The van der Waals surface area contributed by atoms with Crippen LogP contribution in [0.4, 0.5) is 4.39 Å². The zero-order valence-corrected chi connectivity index (χ0v) is 15.1. The molecule has 5 nitrogen and oxygen atoms in total. The number of carbonyl (C=O) groups excluding carboxylic acids is 1. The van der Waals surface area contributed by atoms with Crippen LogP contribution >= 0.6 is 0 Å². The third-order valence-corrected chi connectivity index (χ3v) is 6.51. The molecule has 0 aromatic heterocycles. The molecule has 2 aromatic carbocycles. The maximum Gasteiger partial charge on any atom is 0.258 e. The van der Waals surface area contributed by atoms with E-state index in [0.717, 1.165) is 5.56 Å². The number of amides is 1. The Balaban J connectivity index is 1.60. The highest BCUT2D eigenvalue weighted by atomic mass is 32.2. The topological polar surface area (TPSA) is 66.5 Å². The third-order valence-electron chi connectivity index (χ3n) is 4.60. The van der Waals surface area contributed by atoms with Gasteiger partial charge in [0.25, 0.3) is 5.91 Å². The van der Waals surface area contributed by atoms with Gasteiger partial charge in [0.1, 0.15) is 0 Å². The van der Waals surface area contributed by atoms with Crippen molar-refractivity contribution in [3.8, 4) is 0 Å². The minimum Gasteiger partial charge on any atom is -0.349 e. The first-order valence-corrected chi connectivity index (χ1v) is 9.92. The molecule has 1 amide bonds. The largest absolute Gasteiger partial charge is 0.349 e. The number of halogens is 1. The number of alkyl halides is 1. The molecular formula is C19H21FN2O3S.